The van der Waals surface area contributed by atoms with Crippen molar-refractivity contribution in [2.75, 3.05) is 24.4 Å². The molecule has 1 unspecified atom stereocenters. The summed E-state index contributed by atoms with van der Waals surface area (Å²) in [6, 6.07) is 15.5. The number of benzene rings is 3. The van der Waals surface area contributed by atoms with Gasteiger partial charge in [0.2, 0.25) is 0 Å². The first kappa shape index (κ1) is 23.2. The molecular formula is C24H22BrClFN3O3. The Morgan fingerprint density at radius 2 is 1.97 bits per heavy atom. The van der Waals surface area contributed by atoms with E-state index in [9.17, 15) is 4.39 Å². The van der Waals surface area contributed by atoms with Crippen molar-refractivity contribution in [3.05, 3.63) is 76.6 Å². The molecule has 0 radical (unpaired) electrons. The normalized spacial score (nSPS) is 14.2. The largest absolute Gasteiger partial charge is 0.493 e. The molecule has 4 rings (SSSR count). The molecule has 0 saturated carbocycles. The Labute approximate surface area is 204 Å². The number of ether oxygens (including phenoxy) is 3. The standard InChI is InChI=1S/C24H22BrClFN3O3/c1-31-22-12-20-18(11-23(22)32-8-7-25)24(29-14-28-20)30-17-5-6-21(19(26)10-17)33-13-15-3-2-4-16(27)9-15/h2-6,9-12,14,24,30H,7-8,13H2,1H3,(H,28,29). The lowest BCUT2D eigenvalue weighted by Gasteiger charge is -2.26. The van der Waals surface area contributed by atoms with Gasteiger partial charge in [-0.1, -0.05) is 39.7 Å². The molecule has 1 atom stereocenters. The molecule has 0 fully saturated rings. The summed E-state index contributed by atoms with van der Waals surface area (Å²) in [6.45, 7) is 0.730. The predicted octanol–water partition coefficient (Wildman–Crippen LogP) is 6.21. The number of anilines is 1. The zero-order valence-corrected chi connectivity index (χ0v) is 20.1. The van der Waals surface area contributed by atoms with Gasteiger partial charge < -0.3 is 24.8 Å². The van der Waals surface area contributed by atoms with Crippen LogP contribution < -0.4 is 24.8 Å². The van der Waals surface area contributed by atoms with Gasteiger partial charge in [-0.15, -0.1) is 0 Å². The monoisotopic (exact) mass is 533 g/mol. The molecule has 1 aliphatic rings. The number of methoxy groups -OCH3 is 1. The SMILES string of the molecule is COc1cc2c(cc1OCCBr)C(Nc1ccc(OCc3cccc(F)c3)c(Cl)c1)NC=N2. The zero-order valence-electron chi connectivity index (χ0n) is 17.8. The maximum atomic E-state index is 13.4. The third-order valence-corrected chi connectivity index (χ3v) is 5.55. The number of aliphatic imine (C=N–C) groups is 1. The molecule has 9 heteroatoms. The maximum Gasteiger partial charge on any atom is 0.162 e. The Morgan fingerprint density at radius 3 is 2.73 bits per heavy atom. The van der Waals surface area contributed by atoms with Crippen molar-refractivity contribution in [2.45, 2.75) is 12.8 Å². The summed E-state index contributed by atoms with van der Waals surface area (Å²) >= 11 is 9.81. The minimum atomic E-state index is -0.302. The highest BCUT2D eigenvalue weighted by Crippen LogP contribution is 2.39. The van der Waals surface area contributed by atoms with Crippen LogP contribution >= 0.6 is 27.5 Å². The molecule has 0 saturated heterocycles. The van der Waals surface area contributed by atoms with Gasteiger partial charge in [0.05, 0.1) is 30.8 Å². The molecule has 2 N–H and O–H groups in total. The molecule has 6 nitrogen and oxygen atoms in total. The van der Waals surface area contributed by atoms with Crippen molar-refractivity contribution >= 4 is 45.2 Å². The van der Waals surface area contributed by atoms with Crippen LogP contribution in [0.5, 0.6) is 17.2 Å². The van der Waals surface area contributed by atoms with E-state index >= 15 is 0 Å². The van der Waals surface area contributed by atoms with Gasteiger partial charge in [-0.25, -0.2) is 9.38 Å². The van der Waals surface area contributed by atoms with Crippen LogP contribution in [-0.4, -0.2) is 25.4 Å². The number of hydrogen-bond acceptors (Lipinski definition) is 6. The number of nitrogens with zero attached hydrogens (tertiary/aromatic N) is 1. The summed E-state index contributed by atoms with van der Waals surface area (Å²) in [5, 5.41) is 7.77. The lowest BCUT2D eigenvalue weighted by molar-refractivity contribution is 0.306. The van der Waals surface area contributed by atoms with Crippen LogP contribution in [0.4, 0.5) is 15.8 Å². The summed E-state index contributed by atoms with van der Waals surface area (Å²) < 4.78 is 30.4. The Morgan fingerprint density at radius 1 is 1.09 bits per heavy atom. The van der Waals surface area contributed by atoms with Crippen molar-refractivity contribution < 1.29 is 18.6 Å². The summed E-state index contributed by atoms with van der Waals surface area (Å²) in [4.78, 5) is 4.41. The van der Waals surface area contributed by atoms with Crippen molar-refractivity contribution in [3.63, 3.8) is 0 Å². The van der Waals surface area contributed by atoms with Crippen LogP contribution in [0.1, 0.15) is 17.3 Å². The quantitative estimate of drug-likeness (QED) is 0.319. The van der Waals surface area contributed by atoms with Crippen molar-refractivity contribution in [1.29, 1.82) is 0 Å². The first-order chi connectivity index (χ1) is 16.1. The molecule has 0 bridgehead atoms. The molecule has 0 aromatic heterocycles. The first-order valence-electron chi connectivity index (χ1n) is 10.2. The van der Waals surface area contributed by atoms with Crippen LogP contribution in [0.15, 0.2) is 59.6 Å². The summed E-state index contributed by atoms with van der Waals surface area (Å²) in [5.74, 6) is 1.47. The minimum absolute atomic E-state index is 0.220. The van der Waals surface area contributed by atoms with Gasteiger partial charge in [0.25, 0.3) is 0 Å². The molecule has 0 aliphatic carbocycles. The number of fused-ring (bicyclic) bond motifs is 1. The molecule has 0 spiro atoms. The van der Waals surface area contributed by atoms with Gasteiger partial charge in [0, 0.05) is 22.6 Å². The third-order valence-electron chi connectivity index (χ3n) is 4.93. The fourth-order valence-corrected chi connectivity index (χ4v) is 3.78. The molecule has 1 heterocycles. The molecule has 1 aliphatic heterocycles. The van der Waals surface area contributed by atoms with Gasteiger partial charge in [0.1, 0.15) is 24.3 Å². The maximum absolute atomic E-state index is 13.4. The van der Waals surface area contributed by atoms with Gasteiger partial charge in [0.15, 0.2) is 11.5 Å². The Balaban J connectivity index is 1.49. The van der Waals surface area contributed by atoms with Crippen LogP contribution in [0.25, 0.3) is 0 Å². The van der Waals surface area contributed by atoms with Gasteiger partial charge in [-0.05, 0) is 42.0 Å². The lowest BCUT2D eigenvalue weighted by atomic mass is 10.1. The topological polar surface area (TPSA) is 64.1 Å². The Kier molecular flexibility index (Phi) is 7.57. The molecule has 33 heavy (non-hydrogen) atoms. The fourth-order valence-electron chi connectivity index (χ4n) is 3.38. The number of alkyl halides is 1. The van der Waals surface area contributed by atoms with Crippen LogP contribution in [-0.2, 0) is 6.61 Å². The van der Waals surface area contributed by atoms with E-state index in [-0.39, 0.29) is 18.6 Å². The lowest BCUT2D eigenvalue weighted by Crippen LogP contribution is -2.29. The van der Waals surface area contributed by atoms with Crippen molar-refractivity contribution in [1.82, 2.24) is 5.32 Å². The van der Waals surface area contributed by atoms with E-state index in [2.05, 4.69) is 31.6 Å². The van der Waals surface area contributed by atoms with E-state index in [4.69, 9.17) is 25.8 Å². The number of nitrogens with one attached hydrogen (secondary N) is 2. The number of hydrogen-bond donors (Lipinski definition) is 2. The van der Waals surface area contributed by atoms with E-state index in [1.165, 1.54) is 12.1 Å². The van der Waals surface area contributed by atoms with Gasteiger partial charge >= 0.3 is 0 Å². The Hall–Kier alpha value is -2.97. The van der Waals surface area contributed by atoms with Crippen LogP contribution in [0.3, 0.4) is 0 Å². The highest BCUT2D eigenvalue weighted by atomic mass is 79.9. The molecule has 172 valence electrons. The zero-order chi connectivity index (χ0) is 23.2. The van der Waals surface area contributed by atoms with E-state index in [0.717, 1.165) is 22.5 Å². The van der Waals surface area contributed by atoms with Gasteiger partial charge in [-0.3, -0.25) is 0 Å². The predicted molar refractivity (Wildman–Crippen MR) is 132 cm³/mol. The molecule has 0 amide bonds. The molecule has 3 aromatic carbocycles. The highest BCUT2D eigenvalue weighted by molar-refractivity contribution is 9.09. The summed E-state index contributed by atoms with van der Waals surface area (Å²) in [5.41, 5.74) is 3.19. The van der Waals surface area contributed by atoms with Crippen LogP contribution in [0, 0.1) is 5.82 Å². The Bertz CT molecular complexity index is 1160. The van der Waals surface area contributed by atoms with E-state index < -0.39 is 0 Å². The molecular weight excluding hydrogens is 513 g/mol. The minimum Gasteiger partial charge on any atom is -0.493 e. The van der Waals surface area contributed by atoms with Crippen LogP contribution in [0.2, 0.25) is 5.02 Å². The summed E-state index contributed by atoms with van der Waals surface area (Å²) in [6.07, 6.45) is 1.38. The number of rotatable bonds is 9. The average molecular weight is 535 g/mol. The van der Waals surface area contributed by atoms with Crippen molar-refractivity contribution in [2.24, 2.45) is 4.99 Å². The first-order valence-corrected chi connectivity index (χ1v) is 11.7. The number of halogens is 3. The fraction of sp³-hybridized carbons (Fsp3) is 0.208. The highest BCUT2D eigenvalue weighted by Gasteiger charge is 2.21. The van der Waals surface area contributed by atoms with Crippen molar-refractivity contribution in [3.8, 4) is 17.2 Å². The summed E-state index contributed by atoms with van der Waals surface area (Å²) in [7, 11) is 1.60. The van der Waals surface area contributed by atoms with E-state index in [1.807, 2.05) is 18.2 Å². The second-order valence-corrected chi connectivity index (χ2v) is 8.37. The second-order valence-electron chi connectivity index (χ2n) is 7.17. The molecule has 3 aromatic rings. The van der Waals surface area contributed by atoms with E-state index in [0.29, 0.717) is 34.2 Å². The average Bonchev–Trinajstić information content (AvgIpc) is 2.82. The van der Waals surface area contributed by atoms with E-state index in [1.54, 1.807) is 37.7 Å². The smallest absolute Gasteiger partial charge is 0.162 e. The van der Waals surface area contributed by atoms with Gasteiger partial charge in [-0.2, -0.15) is 0 Å². The third kappa shape index (κ3) is 5.69. The second kappa shape index (κ2) is 10.8.